The van der Waals surface area contributed by atoms with E-state index >= 15 is 0 Å². The molecule has 5 nitrogen and oxygen atoms in total. The van der Waals surface area contributed by atoms with Crippen molar-refractivity contribution in [3.63, 3.8) is 0 Å². The van der Waals surface area contributed by atoms with Crippen LogP contribution < -0.4 is 15.4 Å². The maximum atomic E-state index is 6.06. The van der Waals surface area contributed by atoms with E-state index in [1.807, 2.05) is 25.1 Å². The molecule has 0 amide bonds. The Morgan fingerprint density at radius 3 is 2.83 bits per heavy atom. The lowest BCUT2D eigenvalue weighted by Gasteiger charge is -2.38. The first-order valence-corrected chi connectivity index (χ1v) is 7.88. The molecule has 1 aliphatic rings. The monoisotopic (exact) mass is 433 g/mol. The van der Waals surface area contributed by atoms with Gasteiger partial charge in [0.25, 0.3) is 0 Å². The number of nitrogens with one attached hydrogen (secondary N) is 2. The second-order valence-corrected chi connectivity index (χ2v) is 6.00. The Bertz CT molecular complexity index is 520. The molecule has 2 rings (SSSR count). The predicted octanol–water partition coefficient (Wildman–Crippen LogP) is 3.11. The molecule has 1 aliphatic heterocycles. The van der Waals surface area contributed by atoms with Gasteiger partial charge in [-0.05, 0) is 26.8 Å². The third-order valence-electron chi connectivity index (χ3n) is 3.65. The van der Waals surface area contributed by atoms with E-state index in [0.717, 1.165) is 31.3 Å². The highest BCUT2D eigenvalue weighted by molar-refractivity contribution is 14.0. The van der Waals surface area contributed by atoms with Crippen LogP contribution in [0.1, 0.15) is 38.8 Å². The van der Waals surface area contributed by atoms with Gasteiger partial charge in [-0.1, -0.05) is 18.2 Å². The molecule has 0 saturated carbocycles. The van der Waals surface area contributed by atoms with Gasteiger partial charge in [0.05, 0.1) is 12.6 Å². The molecule has 0 radical (unpaired) electrons. The van der Waals surface area contributed by atoms with Crippen LogP contribution in [0.5, 0.6) is 5.75 Å². The Balaban J connectivity index is 0.00000264. The molecule has 1 atom stereocenters. The number of rotatable bonds is 5. The molecule has 1 heterocycles. The van der Waals surface area contributed by atoms with Crippen molar-refractivity contribution in [2.75, 3.05) is 26.8 Å². The summed E-state index contributed by atoms with van der Waals surface area (Å²) in [5, 5.41) is 6.78. The highest BCUT2D eigenvalue weighted by Gasteiger charge is 2.33. The average Bonchev–Trinajstić information content (AvgIpc) is 2.49. The lowest BCUT2D eigenvalue weighted by Crippen LogP contribution is -2.45. The minimum Gasteiger partial charge on any atom is -0.487 e. The van der Waals surface area contributed by atoms with Gasteiger partial charge in [-0.2, -0.15) is 0 Å². The first-order valence-electron chi connectivity index (χ1n) is 7.88. The van der Waals surface area contributed by atoms with Crippen LogP contribution in [0.4, 0.5) is 0 Å². The second-order valence-electron chi connectivity index (χ2n) is 6.00. The second kappa shape index (κ2) is 9.32. The first kappa shape index (κ1) is 20.0. The summed E-state index contributed by atoms with van der Waals surface area (Å²) >= 11 is 0. The number of hydrogen-bond acceptors (Lipinski definition) is 3. The van der Waals surface area contributed by atoms with Crippen molar-refractivity contribution in [1.29, 1.82) is 0 Å². The third kappa shape index (κ3) is 5.84. The van der Waals surface area contributed by atoms with E-state index in [1.54, 1.807) is 7.05 Å². The molecule has 1 unspecified atom stereocenters. The standard InChI is InChI=1S/C17H27N3O2.HI/c1-5-21-11-10-19-16(18-4)20-14-12-17(2,3)22-15-9-7-6-8-13(14)15;/h6-9,14H,5,10-12H2,1-4H3,(H2,18,19,20);1H. The fourth-order valence-corrected chi connectivity index (χ4v) is 2.68. The van der Waals surface area contributed by atoms with E-state index in [0.29, 0.717) is 6.61 Å². The molecule has 0 aromatic heterocycles. The van der Waals surface area contributed by atoms with Crippen molar-refractivity contribution >= 4 is 29.9 Å². The number of fused-ring (bicyclic) bond motifs is 1. The van der Waals surface area contributed by atoms with E-state index in [9.17, 15) is 0 Å². The summed E-state index contributed by atoms with van der Waals surface area (Å²) in [5.74, 6) is 1.73. The zero-order chi connectivity index (χ0) is 16.0. The van der Waals surface area contributed by atoms with Crippen LogP contribution in [0.15, 0.2) is 29.3 Å². The van der Waals surface area contributed by atoms with Crippen LogP contribution in [0.3, 0.4) is 0 Å². The van der Waals surface area contributed by atoms with Gasteiger partial charge >= 0.3 is 0 Å². The molecule has 23 heavy (non-hydrogen) atoms. The van der Waals surface area contributed by atoms with Crippen LogP contribution in [-0.4, -0.2) is 38.4 Å². The Kier molecular flexibility index (Phi) is 8.11. The predicted molar refractivity (Wildman–Crippen MR) is 105 cm³/mol. The van der Waals surface area contributed by atoms with Gasteiger partial charge in [-0.3, -0.25) is 4.99 Å². The SMILES string of the molecule is CCOCCNC(=NC)NC1CC(C)(C)Oc2ccccc21.I. The minimum atomic E-state index is -0.198. The summed E-state index contributed by atoms with van der Waals surface area (Å²) < 4.78 is 11.4. The molecule has 0 fully saturated rings. The maximum absolute atomic E-state index is 6.06. The van der Waals surface area contributed by atoms with Gasteiger partial charge in [0.2, 0.25) is 0 Å². The molecule has 0 aliphatic carbocycles. The van der Waals surface area contributed by atoms with Crippen molar-refractivity contribution < 1.29 is 9.47 Å². The highest BCUT2D eigenvalue weighted by atomic mass is 127. The van der Waals surface area contributed by atoms with Crippen molar-refractivity contribution in [2.45, 2.75) is 38.8 Å². The molecule has 0 spiro atoms. The number of guanidine groups is 1. The molecule has 1 aromatic rings. The molecule has 0 saturated heterocycles. The van der Waals surface area contributed by atoms with Crippen LogP contribution in [0.25, 0.3) is 0 Å². The van der Waals surface area contributed by atoms with Gasteiger partial charge in [-0.25, -0.2) is 0 Å². The average molecular weight is 433 g/mol. The number of hydrogen-bond donors (Lipinski definition) is 2. The summed E-state index contributed by atoms with van der Waals surface area (Å²) in [7, 11) is 1.78. The summed E-state index contributed by atoms with van der Waals surface area (Å²) in [4.78, 5) is 4.30. The fraction of sp³-hybridized carbons (Fsp3) is 0.588. The van der Waals surface area contributed by atoms with E-state index < -0.39 is 0 Å². The normalized spacial score (nSPS) is 19.1. The Morgan fingerprint density at radius 1 is 1.39 bits per heavy atom. The van der Waals surface area contributed by atoms with Crippen LogP contribution >= 0.6 is 24.0 Å². The largest absolute Gasteiger partial charge is 0.487 e. The van der Waals surface area contributed by atoms with Gasteiger partial charge in [-0.15, -0.1) is 24.0 Å². The smallest absolute Gasteiger partial charge is 0.191 e. The molecular formula is C17H28IN3O2. The van der Waals surface area contributed by atoms with E-state index in [1.165, 1.54) is 5.56 Å². The summed E-state index contributed by atoms with van der Waals surface area (Å²) in [6.07, 6.45) is 0.885. The van der Waals surface area contributed by atoms with E-state index in [2.05, 4.69) is 35.5 Å². The van der Waals surface area contributed by atoms with Crippen LogP contribution in [0.2, 0.25) is 0 Å². The number of ether oxygens (including phenoxy) is 2. The third-order valence-corrected chi connectivity index (χ3v) is 3.65. The molecule has 0 bridgehead atoms. The summed E-state index contributed by atoms with van der Waals surface area (Å²) in [6.45, 7) is 8.37. The van der Waals surface area contributed by atoms with Gasteiger partial charge in [0.1, 0.15) is 11.4 Å². The molecule has 6 heteroatoms. The van der Waals surface area contributed by atoms with Gasteiger partial charge < -0.3 is 20.1 Å². The first-order chi connectivity index (χ1) is 10.6. The van der Waals surface area contributed by atoms with Crippen molar-refractivity contribution in [2.24, 2.45) is 4.99 Å². The lowest BCUT2D eigenvalue weighted by molar-refractivity contribution is 0.0693. The Hall–Kier alpha value is -1.02. The van der Waals surface area contributed by atoms with Gasteiger partial charge in [0.15, 0.2) is 5.96 Å². The molecule has 130 valence electrons. The maximum Gasteiger partial charge on any atom is 0.191 e. The number of nitrogens with zero attached hydrogens (tertiary/aromatic N) is 1. The Morgan fingerprint density at radius 2 is 2.13 bits per heavy atom. The summed E-state index contributed by atoms with van der Waals surface area (Å²) in [5.41, 5.74) is 0.977. The number of aliphatic imine (C=N–C) groups is 1. The topological polar surface area (TPSA) is 54.9 Å². The van der Waals surface area contributed by atoms with Gasteiger partial charge in [0, 0.05) is 32.2 Å². The van der Waals surface area contributed by atoms with Crippen molar-refractivity contribution in [3.05, 3.63) is 29.8 Å². The number of para-hydroxylation sites is 1. The van der Waals surface area contributed by atoms with Crippen LogP contribution in [0, 0.1) is 0 Å². The highest BCUT2D eigenvalue weighted by Crippen LogP contribution is 2.39. The van der Waals surface area contributed by atoms with Crippen molar-refractivity contribution in [3.8, 4) is 5.75 Å². The molecular weight excluding hydrogens is 405 g/mol. The lowest BCUT2D eigenvalue weighted by atomic mass is 9.90. The van der Waals surface area contributed by atoms with Crippen molar-refractivity contribution in [1.82, 2.24) is 10.6 Å². The summed E-state index contributed by atoms with van der Waals surface area (Å²) in [6, 6.07) is 8.36. The number of halogens is 1. The van der Waals surface area contributed by atoms with E-state index in [4.69, 9.17) is 9.47 Å². The zero-order valence-corrected chi connectivity index (χ0v) is 16.7. The number of benzene rings is 1. The minimum absolute atomic E-state index is 0. The van der Waals surface area contributed by atoms with E-state index in [-0.39, 0.29) is 35.6 Å². The quantitative estimate of drug-likeness (QED) is 0.324. The zero-order valence-electron chi connectivity index (χ0n) is 14.4. The molecule has 2 N–H and O–H groups in total. The Labute approximate surface area is 156 Å². The fourth-order valence-electron chi connectivity index (χ4n) is 2.68. The molecule has 1 aromatic carbocycles. The van der Waals surface area contributed by atoms with Crippen LogP contribution in [-0.2, 0) is 4.74 Å².